The summed E-state index contributed by atoms with van der Waals surface area (Å²) in [6.45, 7) is 0.301. The summed E-state index contributed by atoms with van der Waals surface area (Å²) in [6.07, 6.45) is 4.61. The molecule has 0 saturated heterocycles. The van der Waals surface area contributed by atoms with Gasteiger partial charge in [0.2, 0.25) is 0 Å². The van der Waals surface area contributed by atoms with Crippen molar-refractivity contribution >= 4 is 5.91 Å². The molecule has 0 aliphatic rings. The predicted molar refractivity (Wildman–Crippen MR) is 79.6 cm³/mol. The molecular formula is C15H14N6O. The molecule has 1 amide bonds. The van der Waals surface area contributed by atoms with Crippen molar-refractivity contribution in [1.29, 1.82) is 0 Å². The minimum absolute atomic E-state index is 0.248. The van der Waals surface area contributed by atoms with E-state index in [-0.39, 0.29) is 5.91 Å². The highest BCUT2D eigenvalue weighted by Gasteiger charge is 2.09. The molecule has 0 atom stereocenters. The molecule has 0 spiro atoms. The second kappa shape index (κ2) is 6.13. The van der Waals surface area contributed by atoms with Gasteiger partial charge in [-0.25, -0.2) is 9.97 Å². The van der Waals surface area contributed by atoms with Crippen molar-refractivity contribution in [3.8, 4) is 11.4 Å². The zero-order chi connectivity index (χ0) is 15.4. The van der Waals surface area contributed by atoms with Crippen molar-refractivity contribution in [3.63, 3.8) is 0 Å². The van der Waals surface area contributed by atoms with Crippen molar-refractivity contribution < 1.29 is 4.79 Å². The van der Waals surface area contributed by atoms with Crippen LogP contribution < -0.4 is 5.32 Å². The van der Waals surface area contributed by atoms with Crippen molar-refractivity contribution in [2.75, 3.05) is 0 Å². The summed E-state index contributed by atoms with van der Waals surface area (Å²) < 4.78 is 1.75. The molecule has 0 radical (unpaired) electrons. The van der Waals surface area contributed by atoms with Crippen LogP contribution in [0.5, 0.6) is 0 Å². The minimum atomic E-state index is -0.248. The summed E-state index contributed by atoms with van der Waals surface area (Å²) in [5.41, 5.74) is 1.32. The Morgan fingerprint density at radius 3 is 2.55 bits per heavy atom. The standard InChI is InChI=1S/C15H14N6O/c1-21-10-19-20-13(21)9-18-15(22)12-7-16-14(17-8-12)11-5-3-2-4-6-11/h2-8,10H,9H2,1H3,(H,18,22). The molecule has 7 heteroatoms. The highest BCUT2D eigenvalue weighted by atomic mass is 16.1. The Morgan fingerprint density at radius 1 is 1.18 bits per heavy atom. The molecule has 2 aromatic heterocycles. The molecule has 22 heavy (non-hydrogen) atoms. The number of nitrogens with zero attached hydrogens (tertiary/aromatic N) is 5. The molecule has 3 aromatic rings. The number of nitrogens with one attached hydrogen (secondary N) is 1. The first kappa shape index (κ1) is 13.9. The van der Waals surface area contributed by atoms with Crippen LogP contribution in [-0.4, -0.2) is 30.6 Å². The van der Waals surface area contributed by atoms with Gasteiger partial charge >= 0.3 is 0 Å². The van der Waals surface area contributed by atoms with Gasteiger partial charge in [-0.1, -0.05) is 30.3 Å². The van der Waals surface area contributed by atoms with Crippen LogP contribution in [0.25, 0.3) is 11.4 Å². The van der Waals surface area contributed by atoms with Gasteiger partial charge in [0.25, 0.3) is 5.91 Å². The van der Waals surface area contributed by atoms with Crippen LogP contribution in [0.2, 0.25) is 0 Å². The molecule has 0 saturated carbocycles. The molecule has 3 rings (SSSR count). The van der Waals surface area contributed by atoms with E-state index >= 15 is 0 Å². The fourth-order valence-corrected chi connectivity index (χ4v) is 1.91. The van der Waals surface area contributed by atoms with Gasteiger partial charge in [0.15, 0.2) is 11.6 Å². The smallest absolute Gasteiger partial charge is 0.254 e. The zero-order valence-corrected chi connectivity index (χ0v) is 12.0. The van der Waals surface area contributed by atoms with Crippen LogP contribution in [0.3, 0.4) is 0 Å². The van der Waals surface area contributed by atoms with E-state index < -0.39 is 0 Å². The number of hydrogen-bond acceptors (Lipinski definition) is 5. The van der Waals surface area contributed by atoms with Crippen LogP contribution >= 0.6 is 0 Å². The van der Waals surface area contributed by atoms with Crippen molar-refractivity contribution in [1.82, 2.24) is 30.0 Å². The molecule has 0 unspecified atom stereocenters. The Labute approximate surface area is 127 Å². The van der Waals surface area contributed by atoms with Gasteiger partial charge in [-0.3, -0.25) is 4.79 Å². The van der Waals surface area contributed by atoms with E-state index in [2.05, 4.69) is 25.5 Å². The third-order valence-corrected chi connectivity index (χ3v) is 3.16. The SMILES string of the molecule is Cn1cnnc1CNC(=O)c1cnc(-c2ccccc2)nc1. The first-order valence-corrected chi connectivity index (χ1v) is 6.72. The molecule has 7 nitrogen and oxygen atoms in total. The number of aryl methyl sites for hydroxylation is 1. The molecule has 1 aromatic carbocycles. The van der Waals surface area contributed by atoms with Crippen LogP contribution in [0, 0.1) is 0 Å². The first-order chi connectivity index (χ1) is 10.7. The lowest BCUT2D eigenvalue weighted by Crippen LogP contribution is -2.24. The second-order valence-electron chi connectivity index (χ2n) is 4.70. The van der Waals surface area contributed by atoms with E-state index in [0.717, 1.165) is 5.56 Å². The number of carbonyl (C=O) groups excluding carboxylic acids is 1. The average Bonchev–Trinajstić information content (AvgIpc) is 2.99. The first-order valence-electron chi connectivity index (χ1n) is 6.72. The Kier molecular flexibility index (Phi) is 3.86. The highest BCUT2D eigenvalue weighted by molar-refractivity contribution is 5.93. The van der Waals surface area contributed by atoms with Crippen LogP contribution in [0.4, 0.5) is 0 Å². The number of amides is 1. The summed E-state index contributed by atoms with van der Waals surface area (Å²) in [7, 11) is 1.82. The quantitative estimate of drug-likeness (QED) is 0.781. The van der Waals surface area contributed by atoms with Gasteiger partial charge in [0.05, 0.1) is 12.1 Å². The number of hydrogen-bond donors (Lipinski definition) is 1. The van der Waals surface area contributed by atoms with Gasteiger partial charge in [0, 0.05) is 25.0 Å². The molecule has 0 aliphatic heterocycles. The van der Waals surface area contributed by atoms with Gasteiger partial charge in [-0.05, 0) is 0 Å². The van der Waals surface area contributed by atoms with E-state index in [1.165, 1.54) is 12.4 Å². The lowest BCUT2D eigenvalue weighted by molar-refractivity contribution is 0.0949. The number of aromatic nitrogens is 5. The molecule has 0 aliphatic carbocycles. The molecule has 2 heterocycles. The third kappa shape index (κ3) is 2.98. The molecule has 0 fully saturated rings. The van der Waals surface area contributed by atoms with E-state index in [4.69, 9.17) is 0 Å². The fourth-order valence-electron chi connectivity index (χ4n) is 1.91. The summed E-state index contributed by atoms with van der Waals surface area (Å²) in [6, 6.07) is 9.60. The highest BCUT2D eigenvalue weighted by Crippen LogP contribution is 2.13. The summed E-state index contributed by atoms with van der Waals surface area (Å²) >= 11 is 0. The normalized spacial score (nSPS) is 10.4. The summed E-state index contributed by atoms with van der Waals surface area (Å²) in [5, 5.41) is 10.4. The molecular weight excluding hydrogens is 280 g/mol. The maximum atomic E-state index is 12.1. The number of carbonyl (C=O) groups is 1. The lowest BCUT2D eigenvalue weighted by Gasteiger charge is -2.05. The van der Waals surface area contributed by atoms with Crippen molar-refractivity contribution in [2.45, 2.75) is 6.54 Å². The molecule has 1 N–H and O–H groups in total. The Balaban J connectivity index is 1.67. The van der Waals surface area contributed by atoms with Crippen molar-refractivity contribution in [2.24, 2.45) is 7.05 Å². The topological polar surface area (TPSA) is 85.6 Å². The van der Waals surface area contributed by atoms with Gasteiger partial charge in [-0.2, -0.15) is 0 Å². The van der Waals surface area contributed by atoms with E-state index in [1.54, 1.807) is 10.9 Å². The summed E-state index contributed by atoms with van der Waals surface area (Å²) in [5.74, 6) is 1.02. The predicted octanol–water partition coefficient (Wildman–Crippen LogP) is 1.20. The van der Waals surface area contributed by atoms with E-state index in [9.17, 15) is 4.79 Å². The maximum absolute atomic E-state index is 12.1. The Hall–Kier alpha value is -3.09. The van der Waals surface area contributed by atoms with E-state index in [0.29, 0.717) is 23.8 Å². The third-order valence-electron chi connectivity index (χ3n) is 3.16. The van der Waals surface area contributed by atoms with Crippen molar-refractivity contribution in [3.05, 3.63) is 60.4 Å². The maximum Gasteiger partial charge on any atom is 0.254 e. The molecule has 0 bridgehead atoms. The van der Waals surface area contributed by atoms with Crippen LogP contribution in [0.1, 0.15) is 16.2 Å². The molecule has 110 valence electrons. The van der Waals surface area contributed by atoms with Crippen LogP contribution in [-0.2, 0) is 13.6 Å². The van der Waals surface area contributed by atoms with Gasteiger partial charge < -0.3 is 9.88 Å². The number of benzene rings is 1. The Morgan fingerprint density at radius 2 is 1.91 bits per heavy atom. The largest absolute Gasteiger partial charge is 0.345 e. The zero-order valence-electron chi connectivity index (χ0n) is 12.0. The average molecular weight is 294 g/mol. The minimum Gasteiger partial charge on any atom is -0.345 e. The second-order valence-corrected chi connectivity index (χ2v) is 4.70. The Bertz CT molecular complexity index is 766. The summed E-state index contributed by atoms with van der Waals surface area (Å²) in [4.78, 5) is 20.5. The number of rotatable bonds is 4. The van der Waals surface area contributed by atoms with E-state index in [1.807, 2.05) is 37.4 Å². The lowest BCUT2D eigenvalue weighted by atomic mass is 10.2. The van der Waals surface area contributed by atoms with Gasteiger partial charge in [0.1, 0.15) is 6.33 Å². The monoisotopic (exact) mass is 294 g/mol. The fraction of sp³-hybridized carbons (Fsp3) is 0.133. The van der Waals surface area contributed by atoms with Crippen LogP contribution in [0.15, 0.2) is 49.1 Å². The van der Waals surface area contributed by atoms with Gasteiger partial charge in [-0.15, -0.1) is 10.2 Å².